The summed E-state index contributed by atoms with van der Waals surface area (Å²) in [4.78, 5) is 2.39. The number of anilines is 3. The summed E-state index contributed by atoms with van der Waals surface area (Å²) in [5, 5.41) is 5.08. The zero-order valence-electron chi connectivity index (χ0n) is 31.7. The Kier molecular flexibility index (Phi) is 9.10. The first-order chi connectivity index (χ1) is 28.3. The molecule has 57 heavy (non-hydrogen) atoms. The van der Waals surface area contributed by atoms with Crippen LogP contribution in [0.5, 0.6) is 0 Å². The van der Waals surface area contributed by atoms with Gasteiger partial charge in [0.1, 0.15) is 0 Å². The van der Waals surface area contributed by atoms with Gasteiger partial charge < -0.3 is 4.90 Å². The van der Waals surface area contributed by atoms with Gasteiger partial charge in [0.25, 0.3) is 0 Å². The van der Waals surface area contributed by atoms with Crippen LogP contribution in [0.15, 0.2) is 224 Å². The third kappa shape index (κ3) is 6.75. The van der Waals surface area contributed by atoms with Crippen molar-refractivity contribution in [3.63, 3.8) is 0 Å². The molecule has 0 saturated heterocycles. The first-order valence-electron chi connectivity index (χ1n) is 19.9. The smallest absolute Gasteiger partial charge is 0.0467 e. The third-order valence-electron chi connectivity index (χ3n) is 11.3. The maximum atomic E-state index is 2.39. The molecule has 0 heterocycles. The first-order valence-corrected chi connectivity index (χ1v) is 19.9. The number of hydrogen-bond donors (Lipinski definition) is 0. The van der Waals surface area contributed by atoms with Gasteiger partial charge in [-0.1, -0.05) is 182 Å². The first kappa shape index (κ1) is 34.3. The third-order valence-corrected chi connectivity index (χ3v) is 11.3. The fourth-order valence-corrected chi connectivity index (χ4v) is 8.51. The van der Waals surface area contributed by atoms with E-state index in [2.05, 4.69) is 229 Å². The topological polar surface area (TPSA) is 3.24 Å². The summed E-state index contributed by atoms with van der Waals surface area (Å²) in [5.74, 6) is 0. The molecule has 1 aliphatic carbocycles. The highest BCUT2D eigenvalue weighted by molar-refractivity contribution is 6.01. The molecule has 0 amide bonds. The number of fused-ring (bicyclic) bond motifs is 2. The second-order valence-corrected chi connectivity index (χ2v) is 14.8. The van der Waals surface area contributed by atoms with E-state index < -0.39 is 0 Å². The van der Waals surface area contributed by atoms with Gasteiger partial charge in [-0.25, -0.2) is 0 Å². The van der Waals surface area contributed by atoms with Gasteiger partial charge in [0.05, 0.1) is 0 Å². The fourth-order valence-electron chi connectivity index (χ4n) is 8.51. The average Bonchev–Trinajstić information content (AvgIpc) is 3.30. The quantitative estimate of drug-likeness (QED) is 0.151. The number of allylic oxidation sites excluding steroid dienone is 4. The average molecular weight is 728 g/mol. The van der Waals surface area contributed by atoms with Crippen LogP contribution in [-0.2, 0) is 0 Å². The highest BCUT2D eigenvalue weighted by Gasteiger charge is 2.18. The van der Waals surface area contributed by atoms with E-state index in [9.17, 15) is 0 Å². The van der Waals surface area contributed by atoms with E-state index in [0.29, 0.717) is 0 Å². The SMILES string of the molecule is C1=CCCC(c2c(-c3ccc(N(c4ccc(-c5cccc(-c6ccccc6)c5)cc4)c4cccc(-c5cccc6ccccc56)c4)cc3)ccc3ccccc23)=C1. The lowest BCUT2D eigenvalue weighted by atomic mass is 9.86. The summed E-state index contributed by atoms with van der Waals surface area (Å²) < 4.78 is 0. The van der Waals surface area contributed by atoms with Crippen LogP contribution < -0.4 is 4.90 Å². The summed E-state index contributed by atoms with van der Waals surface area (Å²) in [5.41, 5.74) is 15.8. The van der Waals surface area contributed by atoms with Gasteiger partial charge in [-0.2, -0.15) is 0 Å². The van der Waals surface area contributed by atoms with E-state index >= 15 is 0 Å². The lowest BCUT2D eigenvalue weighted by molar-refractivity contribution is 1.06. The molecule has 0 bridgehead atoms. The molecular weight excluding hydrogens is 687 g/mol. The molecule has 0 unspecified atom stereocenters. The van der Waals surface area contributed by atoms with Gasteiger partial charge in [0.15, 0.2) is 0 Å². The standard InChI is InChI=1S/C56H41N/c1-3-14-40(15-4-1)46-21-11-22-47(38-46)41-28-33-49(34-29-41)57(51-24-12-23-48(39-51)53-27-13-20-42-16-7-9-25-52(42)53)50-35-30-44(31-36-50)55-37-32-43-17-8-10-26-54(43)56(55)45-18-5-2-6-19-45/h1-5,7-18,20-39H,6,19H2. The Balaban J connectivity index is 1.07. The lowest BCUT2D eigenvalue weighted by Crippen LogP contribution is -2.10. The van der Waals surface area contributed by atoms with Gasteiger partial charge >= 0.3 is 0 Å². The summed E-state index contributed by atoms with van der Waals surface area (Å²) in [6, 6.07) is 75.2. The van der Waals surface area contributed by atoms with E-state index in [0.717, 1.165) is 29.9 Å². The van der Waals surface area contributed by atoms with E-state index in [-0.39, 0.29) is 0 Å². The van der Waals surface area contributed by atoms with Crippen LogP contribution in [0.25, 0.3) is 71.6 Å². The molecule has 1 heteroatoms. The normalized spacial score (nSPS) is 12.5. The highest BCUT2D eigenvalue weighted by Crippen LogP contribution is 2.42. The van der Waals surface area contributed by atoms with Gasteiger partial charge in [0, 0.05) is 17.1 Å². The van der Waals surface area contributed by atoms with Crippen molar-refractivity contribution in [1.29, 1.82) is 0 Å². The maximum Gasteiger partial charge on any atom is 0.0467 e. The van der Waals surface area contributed by atoms with Crippen molar-refractivity contribution >= 4 is 44.2 Å². The summed E-state index contributed by atoms with van der Waals surface area (Å²) in [7, 11) is 0. The summed E-state index contributed by atoms with van der Waals surface area (Å²) in [6.07, 6.45) is 8.89. The van der Waals surface area contributed by atoms with E-state index in [1.165, 1.54) is 77.2 Å². The Morgan fingerprint density at radius 2 is 0.930 bits per heavy atom. The highest BCUT2D eigenvalue weighted by atomic mass is 15.1. The van der Waals surface area contributed by atoms with Crippen LogP contribution in [0.3, 0.4) is 0 Å². The fraction of sp³-hybridized carbons (Fsp3) is 0.0357. The molecule has 0 aliphatic heterocycles. The molecule has 0 radical (unpaired) electrons. The van der Waals surface area contributed by atoms with Crippen molar-refractivity contribution < 1.29 is 0 Å². The van der Waals surface area contributed by atoms with Gasteiger partial charge in [0.2, 0.25) is 0 Å². The maximum absolute atomic E-state index is 2.39. The van der Waals surface area contributed by atoms with Crippen LogP contribution in [0, 0.1) is 0 Å². The van der Waals surface area contributed by atoms with Crippen LogP contribution >= 0.6 is 0 Å². The second-order valence-electron chi connectivity index (χ2n) is 14.8. The predicted molar refractivity (Wildman–Crippen MR) is 244 cm³/mol. The van der Waals surface area contributed by atoms with E-state index in [1.807, 2.05) is 0 Å². The molecule has 0 aromatic heterocycles. The molecule has 9 aromatic rings. The number of rotatable bonds is 8. The van der Waals surface area contributed by atoms with Crippen molar-refractivity contribution in [3.8, 4) is 44.5 Å². The van der Waals surface area contributed by atoms with Gasteiger partial charge in [-0.15, -0.1) is 0 Å². The van der Waals surface area contributed by atoms with Crippen LogP contribution in [0.4, 0.5) is 17.1 Å². The van der Waals surface area contributed by atoms with Crippen molar-refractivity contribution in [2.24, 2.45) is 0 Å². The molecule has 9 aromatic carbocycles. The minimum absolute atomic E-state index is 1.04. The van der Waals surface area contributed by atoms with Crippen LogP contribution in [0.2, 0.25) is 0 Å². The predicted octanol–water partition coefficient (Wildman–Crippen LogP) is 15.9. The Morgan fingerprint density at radius 1 is 0.351 bits per heavy atom. The van der Waals surface area contributed by atoms with Crippen molar-refractivity contribution in [2.75, 3.05) is 4.90 Å². The summed E-state index contributed by atoms with van der Waals surface area (Å²) in [6.45, 7) is 0. The molecule has 0 atom stereocenters. The van der Waals surface area contributed by atoms with Crippen molar-refractivity contribution in [2.45, 2.75) is 12.8 Å². The molecule has 0 N–H and O–H groups in total. The molecular formula is C56H41N. The molecule has 0 fully saturated rings. The molecule has 270 valence electrons. The lowest BCUT2D eigenvalue weighted by Gasteiger charge is -2.27. The molecule has 1 nitrogen and oxygen atoms in total. The van der Waals surface area contributed by atoms with Crippen molar-refractivity contribution in [1.82, 2.24) is 0 Å². The minimum Gasteiger partial charge on any atom is -0.310 e. The Bertz CT molecular complexity index is 2930. The van der Waals surface area contributed by atoms with E-state index in [4.69, 9.17) is 0 Å². The zero-order chi connectivity index (χ0) is 38.0. The van der Waals surface area contributed by atoms with Crippen LogP contribution in [0.1, 0.15) is 18.4 Å². The molecule has 0 spiro atoms. The number of nitrogens with zero attached hydrogens (tertiary/aromatic N) is 1. The summed E-state index contributed by atoms with van der Waals surface area (Å²) >= 11 is 0. The monoisotopic (exact) mass is 727 g/mol. The van der Waals surface area contributed by atoms with E-state index in [1.54, 1.807) is 0 Å². The van der Waals surface area contributed by atoms with Crippen LogP contribution in [-0.4, -0.2) is 0 Å². The molecule has 1 aliphatic rings. The largest absolute Gasteiger partial charge is 0.310 e. The van der Waals surface area contributed by atoms with Gasteiger partial charge in [-0.05, 0) is 132 Å². The molecule has 0 saturated carbocycles. The number of benzene rings is 9. The minimum atomic E-state index is 1.04. The zero-order valence-corrected chi connectivity index (χ0v) is 31.7. The van der Waals surface area contributed by atoms with Crippen molar-refractivity contribution in [3.05, 3.63) is 230 Å². The second kappa shape index (κ2) is 15.1. The Labute approximate surface area is 335 Å². The Hall–Kier alpha value is -7.22. The number of hydrogen-bond acceptors (Lipinski definition) is 1. The Morgan fingerprint density at radius 3 is 1.67 bits per heavy atom. The molecule has 10 rings (SSSR count). The van der Waals surface area contributed by atoms with Gasteiger partial charge in [-0.3, -0.25) is 0 Å².